The molecule has 0 saturated heterocycles. The zero-order valence-corrected chi connectivity index (χ0v) is 13.0. The lowest BCUT2D eigenvalue weighted by atomic mass is 10.3. The van der Waals surface area contributed by atoms with Crippen molar-refractivity contribution in [3.8, 4) is 5.75 Å². The van der Waals surface area contributed by atoms with Crippen molar-refractivity contribution in [2.24, 2.45) is 0 Å². The molecule has 0 aliphatic carbocycles. The fourth-order valence-electron chi connectivity index (χ4n) is 1.66. The molecule has 0 unspecified atom stereocenters. The molecule has 0 atom stereocenters. The van der Waals surface area contributed by atoms with E-state index in [0.717, 1.165) is 6.26 Å². The molecule has 2 N–H and O–H groups in total. The van der Waals surface area contributed by atoms with E-state index in [0.29, 0.717) is 28.0 Å². The molecule has 6 nitrogen and oxygen atoms in total. The third-order valence-corrected chi connectivity index (χ3v) is 3.33. The van der Waals surface area contributed by atoms with Gasteiger partial charge in [0.1, 0.15) is 11.6 Å². The lowest BCUT2D eigenvalue weighted by molar-refractivity contribution is 0.417. The molecule has 2 rings (SSSR count). The molecule has 0 radical (unpaired) electrons. The third-order valence-electron chi connectivity index (χ3n) is 2.49. The van der Waals surface area contributed by atoms with Crippen molar-refractivity contribution >= 4 is 38.8 Å². The Morgan fingerprint density at radius 3 is 2.57 bits per heavy atom. The number of rotatable bonds is 5. The van der Waals surface area contributed by atoms with Crippen molar-refractivity contribution in [2.45, 2.75) is 0 Å². The van der Waals surface area contributed by atoms with Crippen molar-refractivity contribution < 1.29 is 13.2 Å². The Hall–Kier alpha value is -1.99. The highest BCUT2D eigenvalue weighted by Gasteiger charge is 2.06. The van der Waals surface area contributed by atoms with E-state index < -0.39 is 10.0 Å². The van der Waals surface area contributed by atoms with Crippen molar-refractivity contribution in [2.75, 3.05) is 23.4 Å². The molecule has 8 heteroatoms. The first-order valence-corrected chi connectivity index (χ1v) is 8.19. The maximum Gasteiger partial charge on any atom is 0.229 e. The van der Waals surface area contributed by atoms with Crippen molar-refractivity contribution in [3.63, 3.8) is 0 Å². The molecule has 0 aliphatic heterocycles. The van der Waals surface area contributed by atoms with Crippen molar-refractivity contribution in [1.82, 2.24) is 4.98 Å². The molecule has 1 aromatic carbocycles. The van der Waals surface area contributed by atoms with Gasteiger partial charge in [0.15, 0.2) is 0 Å². The molecule has 112 valence electrons. The fraction of sp³-hybridized carbons (Fsp3) is 0.154. The zero-order chi connectivity index (χ0) is 15.5. The predicted molar refractivity (Wildman–Crippen MR) is 84.0 cm³/mol. The fourth-order valence-corrected chi connectivity index (χ4v) is 2.38. The van der Waals surface area contributed by atoms with E-state index in [4.69, 9.17) is 16.3 Å². The lowest BCUT2D eigenvalue weighted by Gasteiger charge is -2.11. The SMILES string of the molecule is COc1ccc(Cl)cc1Nc1ccc(NS(C)(=O)=O)cn1. The molecule has 0 saturated carbocycles. The average Bonchev–Trinajstić information content (AvgIpc) is 2.40. The van der Waals surface area contributed by atoms with Crippen LogP contribution in [0, 0.1) is 0 Å². The second kappa shape index (κ2) is 6.19. The van der Waals surface area contributed by atoms with Crippen molar-refractivity contribution in [1.29, 1.82) is 0 Å². The first-order chi connectivity index (χ1) is 9.87. The first-order valence-electron chi connectivity index (χ1n) is 5.92. The number of hydrogen-bond acceptors (Lipinski definition) is 5. The number of hydrogen-bond donors (Lipinski definition) is 2. The summed E-state index contributed by atoms with van der Waals surface area (Å²) in [4.78, 5) is 4.13. The van der Waals surface area contributed by atoms with E-state index in [2.05, 4.69) is 15.0 Å². The summed E-state index contributed by atoms with van der Waals surface area (Å²) in [6.45, 7) is 0. The number of pyridine rings is 1. The molecular formula is C13H14ClN3O3S. The summed E-state index contributed by atoms with van der Waals surface area (Å²) in [7, 11) is -1.76. The molecule has 0 fully saturated rings. The number of halogens is 1. The molecule has 0 amide bonds. The van der Waals surface area contributed by atoms with E-state index in [1.165, 1.54) is 6.20 Å². The number of nitrogens with one attached hydrogen (secondary N) is 2. The first kappa shape index (κ1) is 15.4. The number of ether oxygens (including phenoxy) is 1. The second-order valence-corrected chi connectivity index (χ2v) is 6.46. The van der Waals surface area contributed by atoms with Crippen LogP contribution in [0.2, 0.25) is 5.02 Å². The monoisotopic (exact) mass is 327 g/mol. The summed E-state index contributed by atoms with van der Waals surface area (Å²) in [5, 5.41) is 3.62. The Labute approximate surface area is 128 Å². The maximum absolute atomic E-state index is 11.1. The van der Waals surface area contributed by atoms with Crippen LogP contribution >= 0.6 is 11.6 Å². The minimum Gasteiger partial charge on any atom is -0.495 e. The Morgan fingerprint density at radius 1 is 1.24 bits per heavy atom. The summed E-state index contributed by atoms with van der Waals surface area (Å²) in [6, 6.07) is 8.42. The molecule has 0 aliphatic rings. The van der Waals surface area contributed by atoms with Gasteiger partial charge in [-0.3, -0.25) is 4.72 Å². The summed E-state index contributed by atoms with van der Waals surface area (Å²) < 4.78 is 29.8. The van der Waals surface area contributed by atoms with Crippen LogP contribution in [0.15, 0.2) is 36.5 Å². The van der Waals surface area contributed by atoms with Crippen LogP contribution in [0.25, 0.3) is 0 Å². The van der Waals surface area contributed by atoms with Gasteiger partial charge in [0.25, 0.3) is 0 Å². The van der Waals surface area contributed by atoms with Crippen LogP contribution in [0.4, 0.5) is 17.2 Å². The smallest absolute Gasteiger partial charge is 0.229 e. The number of anilines is 3. The Morgan fingerprint density at radius 2 is 2.00 bits per heavy atom. The van der Waals surface area contributed by atoms with Crippen LogP contribution in [0.5, 0.6) is 5.75 Å². The standard InChI is InChI=1S/C13H14ClN3O3S/c1-20-12-5-3-9(14)7-11(12)16-13-6-4-10(8-15-13)17-21(2,18)19/h3-8,17H,1-2H3,(H,15,16). The Bertz CT molecular complexity index is 733. The molecule has 1 heterocycles. The van der Waals surface area contributed by atoms with Gasteiger partial charge in [-0.2, -0.15) is 0 Å². The van der Waals surface area contributed by atoms with E-state index in [1.54, 1.807) is 37.4 Å². The molecule has 0 spiro atoms. The Balaban J connectivity index is 2.19. The van der Waals surface area contributed by atoms with E-state index in [-0.39, 0.29) is 0 Å². The number of benzene rings is 1. The highest BCUT2D eigenvalue weighted by atomic mass is 35.5. The summed E-state index contributed by atoms with van der Waals surface area (Å²) in [6.07, 6.45) is 2.50. The van der Waals surface area contributed by atoms with Gasteiger partial charge in [0.2, 0.25) is 10.0 Å². The molecule has 2 aromatic rings. The minimum absolute atomic E-state index is 0.390. The van der Waals surface area contributed by atoms with Crippen LogP contribution in [-0.2, 0) is 10.0 Å². The topological polar surface area (TPSA) is 80.3 Å². The molecule has 1 aromatic heterocycles. The van der Waals surface area contributed by atoms with Gasteiger partial charge in [-0.1, -0.05) is 11.6 Å². The highest BCUT2D eigenvalue weighted by molar-refractivity contribution is 7.92. The van der Waals surface area contributed by atoms with Gasteiger partial charge in [-0.15, -0.1) is 0 Å². The van der Waals surface area contributed by atoms with Crippen LogP contribution in [-0.4, -0.2) is 26.8 Å². The summed E-state index contributed by atoms with van der Waals surface area (Å²) in [5.74, 6) is 1.16. The molecular weight excluding hydrogens is 314 g/mol. The highest BCUT2D eigenvalue weighted by Crippen LogP contribution is 2.30. The van der Waals surface area contributed by atoms with Crippen molar-refractivity contribution in [3.05, 3.63) is 41.6 Å². The van der Waals surface area contributed by atoms with Crippen LogP contribution in [0.3, 0.4) is 0 Å². The second-order valence-electron chi connectivity index (χ2n) is 4.28. The summed E-state index contributed by atoms with van der Waals surface area (Å²) >= 11 is 5.95. The van der Waals surface area contributed by atoms with E-state index >= 15 is 0 Å². The molecule has 21 heavy (non-hydrogen) atoms. The summed E-state index contributed by atoms with van der Waals surface area (Å²) in [5.41, 5.74) is 1.06. The molecule has 0 bridgehead atoms. The van der Waals surface area contributed by atoms with Gasteiger partial charge in [0.05, 0.1) is 30.9 Å². The van der Waals surface area contributed by atoms with Crippen LogP contribution < -0.4 is 14.8 Å². The number of nitrogens with zero attached hydrogens (tertiary/aromatic N) is 1. The largest absolute Gasteiger partial charge is 0.495 e. The Kier molecular flexibility index (Phi) is 4.54. The van der Waals surface area contributed by atoms with E-state index in [9.17, 15) is 8.42 Å². The van der Waals surface area contributed by atoms with Gasteiger partial charge in [-0.05, 0) is 30.3 Å². The average molecular weight is 328 g/mol. The number of aromatic nitrogens is 1. The lowest BCUT2D eigenvalue weighted by Crippen LogP contribution is -2.09. The zero-order valence-electron chi connectivity index (χ0n) is 11.4. The predicted octanol–water partition coefficient (Wildman–Crippen LogP) is 2.86. The number of methoxy groups -OCH3 is 1. The minimum atomic E-state index is -3.31. The van der Waals surface area contributed by atoms with E-state index in [1.807, 2.05) is 0 Å². The maximum atomic E-state index is 11.1. The van der Waals surface area contributed by atoms with Gasteiger partial charge >= 0.3 is 0 Å². The van der Waals surface area contributed by atoms with Gasteiger partial charge in [0, 0.05) is 5.02 Å². The number of sulfonamides is 1. The normalized spacial score (nSPS) is 11.0. The van der Waals surface area contributed by atoms with Gasteiger partial charge < -0.3 is 10.1 Å². The third kappa shape index (κ3) is 4.51. The quantitative estimate of drug-likeness (QED) is 0.882. The van der Waals surface area contributed by atoms with Crippen LogP contribution in [0.1, 0.15) is 0 Å². The van der Waals surface area contributed by atoms with Gasteiger partial charge in [-0.25, -0.2) is 13.4 Å².